The van der Waals surface area contributed by atoms with E-state index in [1.807, 2.05) is 12.1 Å². The molecule has 6 nitrogen and oxygen atoms in total. The Morgan fingerprint density at radius 1 is 1.16 bits per heavy atom. The molecule has 0 unspecified atom stereocenters. The maximum absolute atomic E-state index is 12.6. The standard InChI is InChI=1S/C23H20F2N4O2S/c1-30-17-10-13(7-8-16(17)31-23(24)25)11-27-21-19-15-5-2-6-18(15)32-22(19)29-20(28-21)14-4-3-9-26-12-14/h3-4,7-10,12,23H,2,5-6,11H2,1H3,(H,27,28,29). The topological polar surface area (TPSA) is 69.2 Å². The van der Waals surface area contributed by atoms with Crippen LogP contribution in [0.1, 0.15) is 22.4 Å². The van der Waals surface area contributed by atoms with Gasteiger partial charge in [0.25, 0.3) is 0 Å². The van der Waals surface area contributed by atoms with Gasteiger partial charge in [0.2, 0.25) is 0 Å². The monoisotopic (exact) mass is 454 g/mol. The normalized spacial score (nSPS) is 12.9. The number of methoxy groups -OCH3 is 1. The quantitative estimate of drug-likeness (QED) is 0.400. The van der Waals surface area contributed by atoms with Crippen LogP contribution < -0.4 is 14.8 Å². The summed E-state index contributed by atoms with van der Waals surface area (Å²) in [6.45, 7) is -2.47. The molecule has 1 N–H and O–H groups in total. The Bertz CT molecular complexity index is 1260. The van der Waals surface area contributed by atoms with E-state index in [0.717, 1.165) is 46.4 Å². The number of benzene rings is 1. The van der Waals surface area contributed by atoms with Crippen LogP contribution in [0.15, 0.2) is 42.7 Å². The molecular weight excluding hydrogens is 434 g/mol. The van der Waals surface area contributed by atoms with Gasteiger partial charge in [-0.2, -0.15) is 8.78 Å². The van der Waals surface area contributed by atoms with Crippen molar-refractivity contribution < 1.29 is 18.3 Å². The number of rotatable bonds is 7. The summed E-state index contributed by atoms with van der Waals surface area (Å²) in [6, 6.07) is 8.70. The van der Waals surface area contributed by atoms with Crippen molar-refractivity contribution >= 4 is 27.4 Å². The van der Waals surface area contributed by atoms with Crippen molar-refractivity contribution in [2.24, 2.45) is 0 Å². The van der Waals surface area contributed by atoms with Gasteiger partial charge in [0.15, 0.2) is 17.3 Å². The molecule has 0 aliphatic heterocycles. The van der Waals surface area contributed by atoms with E-state index < -0.39 is 6.61 Å². The summed E-state index contributed by atoms with van der Waals surface area (Å²) in [5.41, 5.74) is 3.02. The van der Waals surface area contributed by atoms with Gasteiger partial charge < -0.3 is 14.8 Å². The van der Waals surface area contributed by atoms with E-state index in [2.05, 4.69) is 15.0 Å². The Kier molecular flexibility index (Phi) is 5.57. The van der Waals surface area contributed by atoms with Gasteiger partial charge in [0.05, 0.1) is 12.5 Å². The molecule has 1 aliphatic rings. The first-order chi connectivity index (χ1) is 15.6. The van der Waals surface area contributed by atoms with Crippen LogP contribution in [0.4, 0.5) is 14.6 Å². The van der Waals surface area contributed by atoms with Gasteiger partial charge in [-0.1, -0.05) is 6.07 Å². The van der Waals surface area contributed by atoms with Crippen molar-refractivity contribution in [3.05, 3.63) is 58.7 Å². The lowest BCUT2D eigenvalue weighted by atomic mass is 10.1. The Labute approximate surface area is 187 Å². The number of hydrogen-bond donors (Lipinski definition) is 1. The van der Waals surface area contributed by atoms with Gasteiger partial charge >= 0.3 is 6.61 Å². The number of aromatic nitrogens is 3. The second kappa shape index (κ2) is 8.66. The van der Waals surface area contributed by atoms with E-state index in [4.69, 9.17) is 14.7 Å². The minimum Gasteiger partial charge on any atom is -0.493 e. The van der Waals surface area contributed by atoms with Crippen LogP contribution in [0, 0.1) is 0 Å². The molecule has 9 heteroatoms. The third-order valence-electron chi connectivity index (χ3n) is 5.39. The smallest absolute Gasteiger partial charge is 0.387 e. The average Bonchev–Trinajstić information content (AvgIpc) is 3.39. The highest BCUT2D eigenvalue weighted by Crippen LogP contribution is 2.40. The zero-order valence-corrected chi connectivity index (χ0v) is 18.1. The number of nitrogens with zero attached hydrogens (tertiary/aromatic N) is 3. The lowest BCUT2D eigenvalue weighted by Gasteiger charge is -2.13. The third-order valence-corrected chi connectivity index (χ3v) is 6.57. The van der Waals surface area contributed by atoms with E-state index in [0.29, 0.717) is 12.4 Å². The van der Waals surface area contributed by atoms with E-state index in [1.54, 1.807) is 35.9 Å². The first kappa shape index (κ1) is 20.6. The Balaban J connectivity index is 1.49. The second-order valence-corrected chi connectivity index (χ2v) is 8.48. The summed E-state index contributed by atoms with van der Waals surface area (Å²) in [4.78, 5) is 16.2. The Hall–Kier alpha value is -3.33. The summed E-state index contributed by atoms with van der Waals surface area (Å²) >= 11 is 1.73. The SMILES string of the molecule is COc1cc(CNc2nc(-c3cccnc3)nc3sc4c(c23)CCC4)ccc1OC(F)F. The number of alkyl halides is 2. The van der Waals surface area contributed by atoms with Gasteiger partial charge in [-0.15, -0.1) is 11.3 Å². The fourth-order valence-corrected chi connectivity index (χ4v) is 5.21. The minimum atomic E-state index is -2.91. The van der Waals surface area contributed by atoms with Crippen molar-refractivity contribution in [2.45, 2.75) is 32.4 Å². The van der Waals surface area contributed by atoms with Crippen LogP contribution in [0.5, 0.6) is 11.5 Å². The molecule has 32 heavy (non-hydrogen) atoms. The molecule has 0 fully saturated rings. The fourth-order valence-electron chi connectivity index (χ4n) is 3.95. The summed E-state index contributed by atoms with van der Waals surface area (Å²) in [5, 5.41) is 4.50. The number of aryl methyl sites for hydroxylation is 2. The number of thiophene rings is 1. The number of ether oxygens (including phenoxy) is 2. The fraction of sp³-hybridized carbons (Fsp3) is 0.261. The molecule has 1 aromatic carbocycles. The van der Waals surface area contributed by atoms with Crippen LogP contribution in [0.3, 0.4) is 0 Å². The molecule has 164 valence electrons. The Morgan fingerprint density at radius 3 is 2.84 bits per heavy atom. The maximum Gasteiger partial charge on any atom is 0.387 e. The first-order valence-corrected chi connectivity index (χ1v) is 11.0. The number of nitrogens with one attached hydrogen (secondary N) is 1. The number of hydrogen-bond acceptors (Lipinski definition) is 7. The predicted octanol–water partition coefficient (Wildman–Crippen LogP) is 5.46. The first-order valence-electron chi connectivity index (χ1n) is 10.2. The van der Waals surface area contributed by atoms with Crippen molar-refractivity contribution in [3.8, 4) is 22.9 Å². The van der Waals surface area contributed by atoms with Crippen molar-refractivity contribution in [1.29, 1.82) is 0 Å². The Morgan fingerprint density at radius 2 is 2.06 bits per heavy atom. The molecule has 5 rings (SSSR count). The number of pyridine rings is 1. The highest BCUT2D eigenvalue weighted by Gasteiger charge is 2.23. The molecule has 0 bridgehead atoms. The summed E-state index contributed by atoms with van der Waals surface area (Å²) < 4.78 is 34.9. The van der Waals surface area contributed by atoms with E-state index in [1.165, 1.54) is 23.6 Å². The van der Waals surface area contributed by atoms with Crippen LogP contribution in [0.2, 0.25) is 0 Å². The highest BCUT2D eigenvalue weighted by molar-refractivity contribution is 7.19. The van der Waals surface area contributed by atoms with Crippen LogP contribution in [0.25, 0.3) is 21.6 Å². The molecule has 0 atom stereocenters. The molecule has 0 saturated heterocycles. The lowest BCUT2D eigenvalue weighted by Crippen LogP contribution is -2.06. The summed E-state index contributed by atoms with van der Waals surface area (Å²) in [5.74, 6) is 1.64. The molecule has 0 saturated carbocycles. The summed E-state index contributed by atoms with van der Waals surface area (Å²) in [6.07, 6.45) is 6.70. The molecule has 3 aromatic heterocycles. The highest BCUT2D eigenvalue weighted by atomic mass is 32.1. The van der Waals surface area contributed by atoms with Gasteiger partial charge in [-0.05, 0) is 54.7 Å². The number of halogens is 2. The van der Waals surface area contributed by atoms with Gasteiger partial charge in [-0.3, -0.25) is 4.98 Å². The van der Waals surface area contributed by atoms with E-state index in [-0.39, 0.29) is 11.5 Å². The van der Waals surface area contributed by atoms with Crippen LogP contribution in [-0.4, -0.2) is 28.7 Å². The van der Waals surface area contributed by atoms with Crippen LogP contribution >= 0.6 is 11.3 Å². The van der Waals surface area contributed by atoms with Gasteiger partial charge in [0, 0.05) is 29.4 Å². The van der Waals surface area contributed by atoms with E-state index >= 15 is 0 Å². The summed E-state index contributed by atoms with van der Waals surface area (Å²) in [7, 11) is 1.42. The van der Waals surface area contributed by atoms with Crippen molar-refractivity contribution in [3.63, 3.8) is 0 Å². The van der Waals surface area contributed by atoms with Gasteiger partial charge in [-0.25, -0.2) is 9.97 Å². The minimum absolute atomic E-state index is 0.00481. The van der Waals surface area contributed by atoms with Crippen molar-refractivity contribution in [2.75, 3.05) is 12.4 Å². The molecule has 0 amide bonds. The van der Waals surface area contributed by atoms with Crippen LogP contribution in [-0.2, 0) is 19.4 Å². The molecule has 1 aliphatic carbocycles. The second-order valence-electron chi connectivity index (χ2n) is 7.39. The van der Waals surface area contributed by atoms with Gasteiger partial charge in [0.1, 0.15) is 10.6 Å². The third kappa shape index (κ3) is 3.95. The predicted molar refractivity (Wildman–Crippen MR) is 120 cm³/mol. The maximum atomic E-state index is 12.6. The molecular formula is C23H20F2N4O2S. The number of anilines is 1. The number of fused-ring (bicyclic) bond motifs is 3. The molecule has 0 spiro atoms. The lowest BCUT2D eigenvalue weighted by molar-refractivity contribution is -0.0512. The average molecular weight is 455 g/mol. The molecule has 0 radical (unpaired) electrons. The molecule has 3 heterocycles. The zero-order valence-electron chi connectivity index (χ0n) is 17.3. The largest absolute Gasteiger partial charge is 0.493 e. The van der Waals surface area contributed by atoms with Crippen molar-refractivity contribution in [1.82, 2.24) is 15.0 Å². The zero-order chi connectivity index (χ0) is 22.1. The molecule has 4 aromatic rings. The van der Waals surface area contributed by atoms with E-state index in [9.17, 15) is 8.78 Å².